The molecule has 0 amide bonds. The Morgan fingerprint density at radius 3 is 2.50 bits per heavy atom. The Labute approximate surface area is 145 Å². The van der Waals surface area contributed by atoms with E-state index < -0.39 is 5.97 Å². The van der Waals surface area contributed by atoms with Crippen molar-refractivity contribution in [1.29, 1.82) is 0 Å². The average molecular weight is 340 g/mol. The lowest BCUT2D eigenvalue weighted by atomic mass is 9.78. The van der Waals surface area contributed by atoms with Crippen LogP contribution in [0.2, 0.25) is 0 Å². The third-order valence-electron chi connectivity index (χ3n) is 5.94. The van der Waals surface area contributed by atoms with Crippen LogP contribution in [-0.4, -0.2) is 49.2 Å². The van der Waals surface area contributed by atoms with Gasteiger partial charge in [0.25, 0.3) is 0 Å². The van der Waals surface area contributed by atoms with Gasteiger partial charge in [0.15, 0.2) is 0 Å². The zero-order valence-electron chi connectivity index (χ0n) is 14.7. The van der Waals surface area contributed by atoms with Crippen molar-refractivity contribution < 1.29 is 24.1 Å². The molecule has 2 saturated heterocycles. The lowest BCUT2D eigenvalue weighted by Crippen LogP contribution is -2.33. The normalized spacial score (nSPS) is 33.2. The number of rotatable bonds is 10. The summed E-state index contributed by atoms with van der Waals surface area (Å²) in [5.41, 5.74) is 0. The summed E-state index contributed by atoms with van der Waals surface area (Å²) in [6, 6.07) is 0. The van der Waals surface area contributed by atoms with Crippen LogP contribution in [0, 0.1) is 11.8 Å². The number of carboxylic acids is 1. The number of carbonyl (C=O) groups is 1. The molecule has 2 heterocycles. The van der Waals surface area contributed by atoms with Crippen LogP contribution in [-0.2, 0) is 19.0 Å². The number of carboxylic acid groups (broad SMARTS) is 1. The first-order valence-electron chi connectivity index (χ1n) is 9.80. The summed E-state index contributed by atoms with van der Waals surface area (Å²) in [4.78, 5) is 10.5. The van der Waals surface area contributed by atoms with Gasteiger partial charge in [0.05, 0.1) is 24.9 Å². The van der Waals surface area contributed by atoms with E-state index in [2.05, 4.69) is 0 Å². The summed E-state index contributed by atoms with van der Waals surface area (Å²) in [6.07, 6.45) is 11.8. The highest BCUT2D eigenvalue weighted by Gasteiger charge is 2.48. The van der Waals surface area contributed by atoms with Crippen molar-refractivity contribution in [1.82, 2.24) is 0 Å². The number of ether oxygens (including phenoxy) is 3. The third-order valence-corrected chi connectivity index (χ3v) is 5.94. The van der Waals surface area contributed by atoms with Crippen LogP contribution in [0.25, 0.3) is 0 Å². The molecule has 0 aromatic carbocycles. The first-order chi connectivity index (χ1) is 11.7. The molecule has 3 rings (SSSR count). The maximum absolute atomic E-state index is 10.5. The van der Waals surface area contributed by atoms with Crippen LogP contribution in [0.15, 0.2) is 0 Å². The van der Waals surface area contributed by atoms with Gasteiger partial charge in [0, 0.05) is 25.6 Å². The molecule has 2 bridgehead atoms. The van der Waals surface area contributed by atoms with E-state index in [4.69, 9.17) is 19.3 Å². The van der Waals surface area contributed by atoms with E-state index in [-0.39, 0.29) is 6.42 Å². The van der Waals surface area contributed by atoms with Gasteiger partial charge in [0.1, 0.15) is 0 Å². The summed E-state index contributed by atoms with van der Waals surface area (Å²) >= 11 is 0. The molecule has 0 spiro atoms. The second kappa shape index (κ2) is 9.16. The van der Waals surface area contributed by atoms with Gasteiger partial charge in [0.2, 0.25) is 0 Å². The molecule has 138 valence electrons. The van der Waals surface area contributed by atoms with Gasteiger partial charge < -0.3 is 19.3 Å². The van der Waals surface area contributed by atoms with Gasteiger partial charge in [-0.3, -0.25) is 4.79 Å². The van der Waals surface area contributed by atoms with Gasteiger partial charge in [-0.1, -0.05) is 19.3 Å². The first-order valence-corrected chi connectivity index (χ1v) is 9.80. The molecule has 1 saturated carbocycles. The molecule has 0 aromatic heterocycles. The lowest BCUT2D eigenvalue weighted by Gasteiger charge is -2.30. The highest BCUT2D eigenvalue weighted by Crippen LogP contribution is 2.45. The monoisotopic (exact) mass is 340 g/mol. The molecule has 4 atom stereocenters. The predicted molar refractivity (Wildman–Crippen MR) is 90.0 cm³/mol. The fourth-order valence-corrected chi connectivity index (χ4v) is 4.63. The summed E-state index contributed by atoms with van der Waals surface area (Å²) in [5.74, 6) is 0.320. The van der Waals surface area contributed by atoms with Gasteiger partial charge in [-0.25, -0.2) is 0 Å². The Morgan fingerprint density at radius 2 is 1.75 bits per heavy atom. The molecular formula is C19H32O5. The number of fused-ring (bicyclic) bond motifs is 2. The van der Waals surface area contributed by atoms with Crippen molar-refractivity contribution >= 4 is 5.97 Å². The van der Waals surface area contributed by atoms with Crippen LogP contribution < -0.4 is 0 Å². The highest BCUT2D eigenvalue weighted by molar-refractivity contribution is 5.66. The second-order valence-electron chi connectivity index (χ2n) is 7.61. The van der Waals surface area contributed by atoms with E-state index in [0.717, 1.165) is 13.0 Å². The van der Waals surface area contributed by atoms with Gasteiger partial charge in [-0.15, -0.1) is 0 Å². The Hall–Kier alpha value is -0.650. The molecule has 5 nitrogen and oxygen atoms in total. The molecule has 1 aliphatic carbocycles. The fraction of sp³-hybridized carbons (Fsp3) is 0.947. The summed E-state index contributed by atoms with van der Waals surface area (Å²) in [5, 5.41) is 8.63. The van der Waals surface area contributed by atoms with Crippen molar-refractivity contribution in [3.05, 3.63) is 0 Å². The molecule has 3 aliphatic rings. The number of hydrogen-bond acceptors (Lipinski definition) is 4. The molecule has 2 aliphatic heterocycles. The van der Waals surface area contributed by atoms with Crippen molar-refractivity contribution in [2.45, 2.75) is 82.5 Å². The minimum Gasteiger partial charge on any atom is -0.481 e. The topological polar surface area (TPSA) is 65.0 Å². The quantitative estimate of drug-likeness (QED) is 0.618. The van der Waals surface area contributed by atoms with Crippen LogP contribution in [0.4, 0.5) is 0 Å². The molecule has 0 radical (unpaired) electrons. The van der Waals surface area contributed by atoms with E-state index in [0.29, 0.717) is 49.8 Å². The Balaban J connectivity index is 1.37. The van der Waals surface area contributed by atoms with Gasteiger partial charge in [-0.2, -0.15) is 0 Å². The number of hydrogen-bond donors (Lipinski definition) is 1. The van der Waals surface area contributed by atoms with Crippen molar-refractivity contribution in [2.75, 3.05) is 19.8 Å². The zero-order chi connectivity index (χ0) is 16.8. The maximum atomic E-state index is 10.5. The van der Waals surface area contributed by atoms with E-state index in [1.807, 2.05) is 0 Å². The molecule has 24 heavy (non-hydrogen) atoms. The largest absolute Gasteiger partial charge is 0.481 e. The Morgan fingerprint density at radius 1 is 1.00 bits per heavy atom. The molecule has 3 fully saturated rings. The summed E-state index contributed by atoms with van der Waals surface area (Å²) in [6.45, 7) is 2.09. The highest BCUT2D eigenvalue weighted by atomic mass is 16.5. The van der Waals surface area contributed by atoms with Gasteiger partial charge >= 0.3 is 5.97 Å². The number of aliphatic carboxylic acids is 1. The minimum absolute atomic E-state index is 0.190. The average Bonchev–Trinajstić information content (AvgIpc) is 3.18. The molecule has 4 unspecified atom stereocenters. The maximum Gasteiger partial charge on any atom is 0.303 e. The Bertz CT molecular complexity index is 393. The van der Waals surface area contributed by atoms with Crippen LogP contribution in [0.5, 0.6) is 0 Å². The van der Waals surface area contributed by atoms with Crippen molar-refractivity contribution in [3.8, 4) is 0 Å². The SMILES string of the molecule is O=C(O)CCCOCCC1C2CCC(O2)C1COC1CCCCC1. The van der Waals surface area contributed by atoms with Crippen LogP contribution in [0.1, 0.15) is 64.2 Å². The van der Waals surface area contributed by atoms with E-state index in [1.54, 1.807) is 0 Å². The van der Waals surface area contributed by atoms with Crippen LogP contribution >= 0.6 is 0 Å². The first kappa shape index (κ1) is 18.2. The van der Waals surface area contributed by atoms with Gasteiger partial charge in [-0.05, 0) is 44.4 Å². The second-order valence-corrected chi connectivity index (χ2v) is 7.61. The van der Waals surface area contributed by atoms with E-state index in [9.17, 15) is 4.79 Å². The van der Waals surface area contributed by atoms with Crippen molar-refractivity contribution in [2.24, 2.45) is 11.8 Å². The Kier molecular flexibility index (Phi) is 6.93. The third kappa shape index (κ3) is 4.93. The van der Waals surface area contributed by atoms with Crippen molar-refractivity contribution in [3.63, 3.8) is 0 Å². The van der Waals surface area contributed by atoms with E-state index >= 15 is 0 Å². The van der Waals surface area contributed by atoms with Crippen LogP contribution in [0.3, 0.4) is 0 Å². The molecular weight excluding hydrogens is 308 g/mol. The lowest BCUT2D eigenvalue weighted by molar-refractivity contribution is -0.137. The smallest absolute Gasteiger partial charge is 0.303 e. The molecule has 0 aromatic rings. The minimum atomic E-state index is -0.750. The molecule has 1 N–H and O–H groups in total. The summed E-state index contributed by atoms with van der Waals surface area (Å²) < 4.78 is 18.0. The molecule has 5 heteroatoms. The summed E-state index contributed by atoms with van der Waals surface area (Å²) in [7, 11) is 0. The fourth-order valence-electron chi connectivity index (χ4n) is 4.63. The zero-order valence-corrected chi connectivity index (χ0v) is 14.7. The predicted octanol–water partition coefficient (Wildman–Crippen LogP) is 3.40. The van der Waals surface area contributed by atoms with E-state index in [1.165, 1.54) is 44.9 Å². The standard InChI is InChI=1S/C19H32O5/c20-19(21)7-4-11-22-12-10-15-16(18-9-8-17(15)24-18)13-23-14-5-2-1-3-6-14/h14-18H,1-13H2,(H,20,21).